The van der Waals surface area contributed by atoms with Gasteiger partial charge in [0.05, 0.1) is 11.4 Å². The molecule has 5 nitrogen and oxygen atoms in total. The van der Waals surface area contributed by atoms with Gasteiger partial charge in [-0.1, -0.05) is 43.2 Å². The molecule has 2 N–H and O–H groups in total. The molecule has 2 atom stereocenters. The maximum absolute atomic E-state index is 12.7. The predicted molar refractivity (Wildman–Crippen MR) is 95.3 cm³/mol. The number of hydrogen-bond donors (Lipinski definition) is 2. The first-order valence-corrected chi connectivity index (χ1v) is 8.58. The molecular formula is C20H21N2O3-. The molecule has 0 unspecified atom stereocenters. The summed E-state index contributed by atoms with van der Waals surface area (Å²) in [5, 5.41) is 17.5. The van der Waals surface area contributed by atoms with E-state index in [0.29, 0.717) is 18.5 Å². The Hall–Kier alpha value is -2.82. The van der Waals surface area contributed by atoms with Crippen molar-refractivity contribution in [2.75, 3.05) is 10.6 Å². The van der Waals surface area contributed by atoms with Gasteiger partial charge in [0.2, 0.25) is 5.91 Å². The SMILES string of the molecule is O=C([O-])[C@@H]1CCCC[C@H]1C(=O)Nc1ccccc1Nc1ccccc1. The molecule has 0 aromatic heterocycles. The lowest BCUT2D eigenvalue weighted by atomic mass is 9.78. The van der Waals surface area contributed by atoms with Crippen LogP contribution < -0.4 is 15.7 Å². The molecule has 5 heteroatoms. The number of carbonyl (C=O) groups is 2. The molecule has 3 rings (SSSR count). The van der Waals surface area contributed by atoms with Crippen LogP contribution >= 0.6 is 0 Å². The van der Waals surface area contributed by atoms with Gasteiger partial charge in [-0.15, -0.1) is 0 Å². The second-order valence-electron chi connectivity index (χ2n) is 6.34. The Morgan fingerprint density at radius 2 is 1.44 bits per heavy atom. The van der Waals surface area contributed by atoms with Gasteiger partial charge in [0, 0.05) is 23.5 Å². The number of carboxylic acid groups (broad SMARTS) is 1. The van der Waals surface area contributed by atoms with Crippen LogP contribution in [0.25, 0.3) is 0 Å². The van der Waals surface area contributed by atoms with Crippen LogP contribution in [-0.2, 0) is 9.59 Å². The van der Waals surface area contributed by atoms with Gasteiger partial charge >= 0.3 is 0 Å². The van der Waals surface area contributed by atoms with E-state index in [2.05, 4.69) is 10.6 Å². The van der Waals surface area contributed by atoms with E-state index in [9.17, 15) is 14.7 Å². The lowest BCUT2D eigenvalue weighted by molar-refractivity contribution is -0.313. The van der Waals surface area contributed by atoms with Crippen LogP contribution in [0.1, 0.15) is 25.7 Å². The molecule has 25 heavy (non-hydrogen) atoms. The van der Waals surface area contributed by atoms with Crippen LogP contribution in [0.5, 0.6) is 0 Å². The third kappa shape index (κ3) is 4.18. The van der Waals surface area contributed by atoms with E-state index in [1.165, 1.54) is 0 Å². The number of hydrogen-bond acceptors (Lipinski definition) is 4. The maximum atomic E-state index is 12.7. The minimum Gasteiger partial charge on any atom is -0.550 e. The smallest absolute Gasteiger partial charge is 0.228 e. The minimum atomic E-state index is -1.13. The number of benzene rings is 2. The Bertz CT molecular complexity index is 746. The van der Waals surface area contributed by atoms with Crippen molar-refractivity contribution in [1.29, 1.82) is 0 Å². The number of carbonyl (C=O) groups excluding carboxylic acids is 2. The Morgan fingerprint density at radius 1 is 0.840 bits per heavy atom. The van der Waals surface area contributed by atoms with Gasteiger partial charge in [0.15, 0.2) is 0 Å². The van der Waals surface area contributed by atoms with Crippen molar-refractivity contribution in [1.82, 2.24) is 0 Å². The molecule has 130 valence electrons. The van der Waals surface area contributed by atoms with E-state index in [1.807, 2.05) is 48.5 Å². The topological polar surface area (TPSA) is 81.3 Å². The van der Waals surface area contributed by atoms with E-state index >= 15 is 0 Å². The summed E-state index contributed by atoms with van der Waals surface area (Å²) in [6.07, 6.45) is 2.78. The van der Waals surface area contributed by atoms with E-state index in [0.717, 1.165) is 24.2 Å². The molecule has 1 fully saturated rings. The highest BCUT2D eigenvalue weighted by atomic mass is 16.4. The van der Waals surface area contributed by atoms with E-state index in [4.69, 9.17) is 0 Å². The monoisotopic (exact) mass is 337 g/mol. The van der Waals surface area contributed by atoms with Gasteiger partial charge in [-0.2, -0.15) is 0 Å². The molecule has 0 aliphatic heterocycles. The summed E-state index contributed by atoms with van der Waals surface area (Å²) in [7, 11) is 0. The molecule has 1 saturated carbocycles. The fourth-order valence-corrected chi connectivity index (χ4v) is 3.33. The van der Waals surface area contributed by atoms with Gasteiger partial charge in [-0.25, -0.2) is 0 Å². The lowest BCUT2D eigenvalue weighted by Crippen LogP contribution is -2.42. The highest BCUT2D eigenvalue weighted by Crippen LogP contribution is 2.32. The molecule has 2 aromatic carbocycles. The standard InChI is InChI=1S/C20H22N2O3/c23-19(15-10-4-5-11-16(15)20(24)25)22-18-13-7-6-12-17(18)21-14-8-2-1-3-9-14/h1-3,6-9,12-13,15-16,21H,4-5,10-11H2,(H,22,23)(H,24,25)/p-1/t15-,16-/m1/s1. The van der Waals surface area contributed by atoms with Crippen molar-refractivity contribution < 1.29 is 14.7 Å². The average Bonchev–Trinajstić information content (AvgIpc) is 2.64. The molecule has 1 aliphatic rings. The second kappa shape index (κ2) is 7.83. The van der Waals surface area contributed by atoms with Crippen LogP contribution in [0.2, 0.25) is 0 Å². The van der Waals surface area contributed by atoms with E-state index < -0.39 is 17.8 Å². The summed E-state index contributed by atoms with van der Waals surface area (Å²) in [6.45, 7) is 0. The summed E-state index contributed by atoms with van der Waals surface area (Å²) in [6, 6.07) is 17.1. The molecule has 0 spiro atoms. The van der Waals surface area contributed by atoms with Gasteiger partial charge in [0.25, 0.3) is 0 Å². The van der Waals surface area contributed by atoms with Crippen molar-refractivity contribution in [3.8, 4) is 0 Å². The Kier molecular flexibility index (Phi) is 5.33. The van der Waals surface area contributed by atoms with Crippen molar-refractivity contribution in [2.24, 2.45) is 11.8 Å². The number of carboxylic acids is 1. The van der Waals surface area contributed by atoms with E-state index in [1.54, 1.807) is 6.07 Å². The molecule has 0 saturated heterocycles. The highest BCUT2D eigenvalue weighted by Gasteiger charge is 2.32. The van der Waals surface area contributed by atoms with Crippen LogP contribution in [0.4, 0.5) is 17.1 Å². The van der Waals surface area contributed by atoms with Crippen LogP contribution in [0, 0.1) is 11.8 Å². The van der Waals surface area contributed by atoms with Gasteiger partial charge < -0.3 is 20.5 Å². The predicted octanol–water partition coefficient (Wildman–Crippen LogP) is 2.92. The molecule has 1 amide bonds. The highest BCUT2D eigenvalue weighted by molar-refractivity contribution is 5.98. The fraction of sp³-hybridized carbons (Fsp3) is 0.300. The normalized spacial score (nSPS) is 19.8. The number of aliphatic carboxylic acids is 1. The maximum Gasteiger partial charge on any atom is 0.228 e. The molecule has 1 aliphatic carbocycles. The summed E-state index contributed by atoms with van der Waals surface area (Å²) >= 11 is 0. The van der Waals surface area contributed by atoms with Crippen molar-refractivity contribution in [3.63, 3.8) is 0 Å². The van der Waals surface area contributed by atoms with Crippen molar-refractivity contribution >= 4 is 28.9 Å². The van der Waals surface area contributed by atoms with Crippen LogP contribution in [0.3, 0.4) is 0 Å². The minimum absolute atomic E-state index is 0.254. The van der Waals surface area contributed by atoms with Gasteiger partial charge in [-0.05, 0) is 37.1 Å². The number of anilines is 3. The first-order chi connectivity index (χ1) is 12.1. The zero-order valence-electron chi connectivity index (χ0n) is 13.9. The fourth-order valence-electron chi connectivity index (χ4n) is 3.33. The second-order valence-corrected chi connectivity index (χ2v) is 6.34. The molecule has 2 aromatic rings. The Labute approximate surface area is 147 Å². The zero-order chi connectivity index (χ0) is 17.6. The van der Waals surface area contributed by atoms with E-state index in [-0.39, 0.29) is 5.91 Å². The molecule has 0 radical (unpaired) electrons. The summed E-state index contributed by atoms with van der Waals surface area (Å²) in [5.74, 6) is -2.63. The Morgan fingerprint density at radius 3 is 2.12 bits per heavy atom. The van der Waals surface area contributed by atoms with Gasteiger partial charge in [0.1, 0.15) is 0 Å². The third-order valence-electron chi connectivity index (χ3n) is 4.64. The number of para-hydroxylation sites is 3. The molecule has 0 heterocycles. The number of rotatable bonds is 5. The van der Waals surface area contributed by atoms with Crippen molar-refractivity contribution in [3.05, 3.63) is 54.6 Å². The Balaban J connectivity index is 1.76. The third-order valence-corrected chi connectivity index (χ3v) is 4.64. The quantitative estimate of drug-likeness (QED) is 0.879. The van der Waals surface area contributed by atoms with Gasteiger partial charge in [-0.3, -0.25) is 4.79 Å². The van der Waals surface area contributed by atoms with Crippen LogP contribution in [0.15, 0.2) is 54.6 Å². The summed E-state index contributed by atoms with van der Waals surface area (Å²) < 4.78 is 0. The molecule has 0 bridgehead atoms. The average molecular weight is 337 g/mol. The number of amides is 1. The first-order valence-electron chi connectivity index (χ1n) is 8.58. The van der Waals surface area contributed by atoms with Crippen molar-refractivity contribution in [2.45, 2.75) is 25.7 Å². The summed E-state index contributed by atoms with van der Waals surface area (Å²) in [5.41, 5.74) is 2.32. The zero-order valence-corrected chi connectivity index (χ0v) is 13.9. The first kappa shape index (κ1) is 17.0. The lowest BCUT2D eigenvalue weighted by Gasteiger charge is -2.31. The molecular weight excluding hydrogens is 316 g/mol. The largest absolute Gasteiger partial charge is 0.550 e. The number of nitrogens with one attached hydrogen (secondary N) is 2. The van der Waals surface area contributed by atoms with Crippen LogP contribution in [-0.4, -0.2) is 11.9 Å². The summed E-state index contributed by atoms with van der Waals surface area (Å²) in [4.78, 5) is 24.0.